The number of amides is 1. The SMILES string of the molecule is CC(C)[C@@H]1C[C@H](N(C)C(C)C)CCC1N1CC[C@H](Nc2ncnc3ccc(C(F)(F)F)cc23)C1=O. The van der Waals surface area contributed by atoms with Crippen LogP contribution in [0.5, 0.6) is 0 Å². The van der Waals surface area contributed by atoms with E-state index in [0.717, 1.165) is 31.4 Å². The molecule has 1 N–H and O–H groups in total. The number of nitrogens with zero attached hydrogens (tertiary/aromatic N) is 4. The van der Waals surface area contributed by atoms with Gasteiger partial charge in [0, 0.05) is 30.1 Å². The van der Waals surface area contributed by atoms with Crippen molar-refractivity contribution < 1.29 is 18.0 Å². The molecule has 0 bridgehead atoms. The Balaban J connectivity index is 1.52. The fourth-order valence-electron chi connectivity index (χ4n) is 5.74. The Kier molecular flexibility index (Phi) is 7.27. The Hall–Kier alpha value is -2.42. The van der Waals surface area contributed by atoms with E-state index in [1.165, 1.54) is 12.4 Å². The highest BCUT2D eigenvalue weighted by Gasteiger charge is 2.43. The van der Waals surface area contributed by atoms with Gasteiger partial charge in [-0.3, -0.25) is 4.79 Å². The Morgan fingerprint density at radius 3 is 2.51 bits per heavy atom. The van der Waals surface area contributed by atoms with E-state index in [4.69, 9.17) is 0 Å². The summed E-state index contributed by atoms with van der Waals surface area (Å²) in [6, 6.07) is 4.08. The molecule has 1 aliphatic carbocycles. The van der Waals surface area contributed by atoms with Gasteiger partial charge < -0.3 is 15.1 Å². The highest BCUT2D eigenvalue weighted by atomic mass is 19.4. The van der Waals surface area contributed by atoms with Crippen LogP contribution in [0.15, 0.2) is 24.5 Å². The van der Waals surface area contributed by atoms with Crippen LogP contribution < -0.4 is 5.32 Å². The van der Waals surface area contributed by atoms with Crippen molar-refractivity contribution in [2.45, 2.75) is 83.7 Å². The van der Waals surface area contributed by atoms with Gasteiger partial charge in [0.15, 0.2) is 0 Å². The zero-order valence-corrected chi connectivity index (χ0v) is 21.1. The minimum Gasteiger partial charge on any atom is -0.358 e. The molecule has 1 saturated carbocycles. The largest absolute Gasteiger partial charge is 0.416 e. The molecule has 0 spiro atoms. The van der Waals surface area contributed by atoms with Crippen LogP contribution in [0.2, 0.25) is 0 Å². The van der Waals surface area contributed by atoms with Gasteiger partial charge in [0.25, 0.3) is 0 Å². The van der Waals surface area contributed by atoms with Crippen LogP contribution in [0.3, 0.4) is 0 Å². The number of fused-ring (bicyclic) bond motifs is 1. The van der Waals surface area contributed by atoms with Gasteiger partial charge in [-0.15, -0.1) is 0 Å². The maximum atomic E-state index is 13.5. The van der Waals surface area contributed by atoms with Crippen molar-refractivity contribution in [2.75, 3.05) is 18.9 Å². The Bertz CT molecular complexity index is 1060. The molecule has 1 aliphatic heterocycles. The normalized spacial score (nSPS) is 25.9. The number of likely N-dealkylation sites (tertiary alicyclic amines) is 1. The van der Waals surface area contributed by atoms with Crippen molar-refractivity contribution in [1.82, 2.24) is 19.8 Å². The Morgan fingerprint density at radius 1 is 1.11 bits per heavy atom. The van der Waals surface area contributed by atoms with Crippen molar-refractivity contribution in [3.05, 3.63) is 30.1 Å². The lowest BCUT2D eigenvalue weighted by Gasteiger charge is -2.46. The third-order valence-corrected chi connectivity index (χ3v) is 7.99. The van der Waals surface area contributed by atoms with Crippen LogP contribution in [-0.2, 0) is 11.0 Å². The molecule has 9 heteroatoms. The molecule has 1 amide bonds. The number of aromatic nitrogens is 2. The smallest absolute Gasteiger partial charge is 0.358 e. The molecule has 6 nitrogen and oxygen atoms in total. The fourth-order valence-corrected chi connectivity index (χ4v) is 5.74. The zero-order valence-electron chi connectivity index (χ0n) is 21.1. The lowest BCUT2D eigenvalue weighted by Crippen LogP contribution is -2.52. The molecule has 2 heterocycles. The standard InChI is InChI=1S/C26H36F3N5O/c1-15(2)19-13-18(33(5)16(3)4)7-9-23(19)34-11-10-22(25(34)35)32-24-20-12-17(26(27,28)29)6-8-21(20)30-14-31-24/h6,8,12,14-16,18-19,22-23H,7,9-11,13H2,1-5H3,(H,30,31,32)/t18-,19+,22+,23?/m1/s1. The molecule has 1 unspecified atom stereocenters. The molecule has 1 aromatic carbocycles. The van der Waals surface area contributed by atoms with Gasteiger partial charge in [-0.25, -0.2) is 9.97 Å². The van der Waals surface area contributed by atoms with Gasteiger partial charge in [0.1, 0.15) is 18.2 Å². The summed E-state index contributed by atoms with van der Waals surface area (Å²) in [6.07, 6.45) is 0.539. The van der Waals surface area contributed by atoms with Crippen molar-refractivity contribution >= 4 is 22.6 Å². The van der Waals surface area contributed by atoms with Gasteiger partial charge >= 0.3 is 6.18 Å². The number of halogens is 3. The molecule has 2 aromatic rings. The predicted octanol–water partition coefficient (Wildman–Crippen LogP) is 5.19. The minimum absolute atomic E-state index is 0.00931. The predicted molar refractivity (Wildman–Crippen MR) is 131 cm³/mol. The van der Waals surface area contributed by atoms with E-state index < -0.39 is 17.8 Å². The van der Waals surface area contributed by atoms with Crippen LogP contribution in [0, 0.1) is 11.8 Å². The van der Waals surface area contributed by atoms with Gasteiger partial charge in [0.2, 0.25) is 5.91 Å². The zero-order chi connectivity index (χ0) is 25.5. The lowest BCUT2D eigenvalue weighted by molar-refractivity contribution is -0.137. The number of carbonyl (C=O) groups is 1. The summed E-state index contributed by atoms with van der Waals surface area (Å²) in [5, 5.41) is 3.42. The summed E-state index contributed by atoms with van der Waals surface area (Å²) >= 11 is 0. The summed E-state index contributed by atoms with van der Waals surface area (Å²) in [4.78, 5) is 26.2. The number of anilines is 1. The van der Waals surface area contributed by atoms with Gasteiger partial charge in [-0.1, -0.05) is 13.8 Å². The summed E-state index contributed by atoms with van der Waals surface area (Å²) < 4.78 is 39.8. The van der Waals surface area contributed by atoms with E-state index >= 15 is 0 Å². The molecule has 4 atom stereocenters. The van der Waals surface area contributed by atoms with E-state index in [-0.39, 0.29) is 23.2 Å². The average molecular weight is 492 g/mol. The third kappa shape index (κ3) is 5.25. The van der Waals surface area contributed by atoms with Crippen molar-refractivity contribution in [3.8, 4) is 0 Å². The highest BCUT2D eigenvalue weighted by Crippen LogP contribution is 2.38. The fraction of sp³-hybridized carbons (Fsp3) is 0.654. The second-order valence-corrected chi connectivity index (χ2v) is 10.7. The molecular formula is C26H36F3N5O. The molecule has 2 aliphatic rings. The molecule has 1 aromatic heterocycles. The monoisotopic (exact) mass is 491 g/mol. The maximum Gasteiger partial charge on any atom is 0.416 e. The Labute approximate surface area is 205 Å². The van der Waals surface area contributed by atoms with Crippen LogP contribution in [0.1, 0.15) is 58.9 Å². The van der Waals surface area contributed by atoms with Crippen LogP contribution in [0.4, 0.5) is 19.0 Å². The quantitative estimate of drug-likeness (QED) is 0.602. The third-order valence-electron chi connectivity index (χ3n) is 7.99. The van der Waals surface area contributed by atoms with E-state index in [0.29, 0.717) is 42.4 Å². The molecule has 35 heavy (non-hydrogen) atoms. The van der Waals surface area contributed by atoms with Crippen molar-refractivity contribution in [1.29, 1.82) is 0 Å². The molecular weight excluding hydrogens is 455 g/mol. The number of alkyl halides is 3. The number of benzene rings is 1. The lowest BCUT2D eigenvalue weighted by atomic mass is 9.74. The highest BCUT2D eigenvalue weighted by molar-refractivity contribution is 5.93. The number of rotatable bonds is 6. The van der Waals surface area contributed by atoms with Gasteiger partial charge in [-0.05, 0) is 76.6 Å². The van der Waals surface area contributed by atoms with Crippen LogP contribution in [-0.4, -0.2) is 63.4 Å². The molecule has 4 rings (SSSR count). The molecule has 0 radical (unpaired) electrons. The number of carbonyl (C=O) groups excluding carboxylic acids is 1. The first-order valence-electron chi connectivity index (χ1n) is 12.6. The number of hydrogen-bond acceptors (Lipinski definition) is 5. The van der Waals surface area contributed by atoms with Crippen LogP contribution >= 0.6 is 0 Å². The van der Waals surface area contributed by atoms with Crippen molar-refractivity contribution in [3.63, 3.8) is 0 Å². The summed E-state index contributed by atoms with van der Waals surface area (Å²) in [7, 11) is 2.18. The van der Waals surface area contributed by atoms with Crippen molar-refractivity contribution in [2.24, 2.45) is 11.8 Å². The first kappa shape index (κ1) is 25.7. The number of hydrogen-bond donors (Lipinski definition) is 1. The van der Waals surface area contributed by atoms with E-state index in [1.807, 2.05) is 4.90 Å². The minimum atomic E-state index is -4.46. The van der Waals surface area contributed by atoms with Gasteiger partial charge in [0.05, 0.1) is 11.1 Å². The summed E-state index contributed by atoms with van der Waals surface area (Å²) in [5.41, 5.74) is -0.351. The summed E-state index contributed by atoms with van der Waals surface area (Å²) in [6.45, 7) is 9.54. The second kappa shape index (κ2) is 9.91. The van der Waals surface area contributed by atoms with E-state index in [9.17, 15) is 18.0 Å². The summed E-state index contributed by atoms with van der Waals surface area (Å²) in [5.74, 6) is 1.14. The van der Waals surface area contributed by atoms with E-state index in [2.05, 4.69) is 54.9 Å². The average Bonchev–Trinajstić information content (AvgIpc) is 3.17. The molecule has 192 valence electrons. The Morgan fingerprint density at radius 2 is 1.86 bits per heavy atom. The maximum absolute atomic E-state index is 13.5. The molecule has 1 saturated heterocycles. The van der Waals surface area contributed by atoms with Crippen LogP contribution in [0.25, 0.3) is 10.9 Å². The first-order valence-corrected chi connectivity index (χ1v) is 12.6. The molecule has 2 fully saturated rings. The first-order chi connectivity index (χ1) is 16.5. The number of nitrogens with one attached hydrogen (secondary N) is 1. The second-order valence-electron chi connectivity index (χ2n) is 10.7. The van der Waals surface area contributed by atoms with E-state index in [1.54, 1.807) is 0 Å². The van der Waals surface area contributed by atoms with Gasteiger partial charge in [-0.2, -0.15) is 13.2 Å². The topological polar surface area (TPSA) is 61.4 Å².